The molecule has 0 N–H and O–H groups in total. The van der Waals surface area contributed by atoms with Crippen LogP contribution < -0.4 is 0 Å². The van der Waals surface area contributed by atoms with E-state index in [-0.39, 0.29) is 25.9 Å². The van der Waals surface area contributed by atoms with Gasteiger partial charge in [-0.3, -0.25) is 0 Å². The molecule has 1 aliphatic carbocycles. The van der Waals surface area contributed by atoms with Crippen molar-refractivity contribution < 1.29 is 2.85 Å². The predicted octanol–water partition coefficient (Wildman–Crippen LogP) is 1.35. The fourth-order valence-corrected chi connectivity index (χ4v) is 0.393. The minimum absolute atomic E-state index is 0. The van der Waals surface area contributed by atoms with Crippen LogP contribution in [0.25, 0.3) is 0 Å². The first-order chi connectivity index (χ1) is 2.50. The quantitative estimate of drug-likeness (QED) is 0.396. The van der Waals surface area contributed by atoms with E-state index in [9.17, 15) is 0 Å². The third-order valence-electron chi connectivity index (χ3n) is 0.655. The Balaban J connectivity index is -0.0000000833. The van der Waals surface area contributed by atoms with Crippen molar-refractivity contribution in [3.63, 3.8) is 0 Å². The molecule has 0 aromatic heterocycles. The van der Waals surface area contributed by atoms with Crippen LogP contribution in [0.3, 0.4) is 0 Å². The molecule has 1 rings (SSSR count). The molecule has 0 aliphatic heterocycles. The van der Waals surface area contributed by atoms with Gasteiger partial charge in [-0.05, 0) is 6.42 Å². The van der Waals surface area contributed by atoms with E-state index < -0.39 is 0 Å². The molecule has 0 nitrogen and oxygen atoms in total. The fourth-order valence-electron chi connectivity index (χ4n) is 0.393. The van der Waals surface area contributed by atoms with Crippen LogP contribution in [0.15, 0.2) is 24.3 Å². The van der Waals surface area contributed by atoms with Gasteiger partial charge in [0.15, 0.2) is 0 Å². The standard InChI is InChI=1S/C5H6.Mg.2H/c1-2-4-5-3-1;;;/h1-4H,5H2;;;/q;+2;2*-1. The zero-order valence-corrected chi connectivity index (χ0v) is 5.14. The van der Waals surface area contributed by atoms with Gasteiger partial charge in [0.25, 0.3) is 0 Å². The van der Waals surface area contributed by atoms with Crippen molar-refractivity contribution in [3.8, 4) is 0 Å². The molecule has 0 radical (unpaired) electrons. The third-order valence-corrected chi connectivity index (χ3v) is 0.655. The van der Waals surface area contributed by atoms with Gasteiger partial charge < -0.3 is 2.85 Å². The molecule has 0 saturated heterocycles. The summed E-state index contributed by atoms with van der Waals surface area (Å²) in [6.45, 7) is 0. The molecule has 0 atom stereocenters. The summed E-state index contributed by atoms with van der Waals surface area (Å²) in [7, 11) is 0. The van der Waals surface area contributed by atoms with E-state index in [1.807, 2.05) is 0 Å². The summed E-state index contributed by atoms with van der Waals surface area (Å²) in [4.78, 5) is 0. The van der Waals surface area contributed by atoms with E-state index in [1.54, 1.807) is 0 Å². The van der Waals surface area contributed by atoms with Gasteiger partial charge in [-0.15, -0.1) is 0 Å². The van der Waals surface area contributed by atoms with Crippen molar-refractivity contribution in [1.29, 1.82) is 0 Å². The fraction of sp³-hybridized carbons (Fsp3) is 0.200. The van der Waals surface area contributed by atoms with Crippen molar-refractivity contribution in [1.82, 2.24) is 0 Å². The smallest absolute Gasteiger partial charge is 1.00 e. The van der Waals surface area contributed by atoms with E-state index in [1.165, 1.54) is 0 Å². The van der Waals surface area contributed by atoms with Crippen LogP contribution in [0.1, 0.15) is 9.27 Å². The summed E-state index contributed by atoms with van der Waals surface area (Å²) in [5.74, 6) is 0. The molecule has 0 amide bonds. The van der Waals surface area contributed by atoms with Gasteiger partial charge in [-0.1, -0.05) is 24.3 Å². The molecular weight excluding hydrogens is 84.4 g/mol. The first-order valence-corrected chi connectivity index (χ1v) is 1.82. The van der Waals surface area contributed by atoms with Gasteiger partial charge in [-0.2, -0.15) is 0 Å². The van der Waals surface area contributed by atoms with Crippen LogP contribution in [0.5, 0.6) is 0 Å². The maximum Gasteiger partial charge on any atom is 2.00 e. The molecule has 1 aliphatic rings. The topological polar surface area (TPSA) is 0 Å². The van der Waals surface area contributed by atoms with Gasteiger partial charge in [0, 0.05) is 0 Å². The zero-order valence-electron chi connectivity index (χ0n) is 5.72. The van der Waals surface area contributed by atoms with Gasteiger partial charge in [0.2, 0.25) is 0 Å². The van der Waals surface area contributed by atoms with E-state index in [2.05, 4.69) is 24.3 Å². The molecule has 0 bridgehead atoms. The second kappa shape index (κ2) is 3.44. The molecule has 30 valence electrons. The van der Waals surface area contributed by atoms with Crippen LogP contribution in [0.2, 0.25) is 0 Å². The van der Waals surface area contributed by atoms with Gasteiger partial charge in [0.1, 0.15) is 0 Å². The van der Waals surface area contributed by atoms with E-state index in [4.69, 9.17) is 0 Å². The normalized spacial score (nSPS) is 14.7. The molecule has 0 aromatic rings. The second-order valence-corrected chi connectivity index (χ2v) is 1.09. The minimum atomic E-state index is 0. The summed E-state index contributed by atoms with van der Waals surface area (Å²) in [5, 5.41) is 0. The molecule has 0 spiro atoms. The largest absolute Gasteiger partial charge is 2.00 e. The van der Waals surface area contributed by atoms with Gasteiger partial charge in [-0.25, -0.2) is 0 Å². The maximum absolute atomic E-state index is 2.12. The maximum atomic E-state index is 2.12. The van der Waals surface area contributed by atoms with Crippen LogP contribution in [-0.4, -0.2) is 23.1 Å². The first-order valence-electron chi connectivity index (χ1n) is 1.82. The Labute approximate surface area is 57.1 Å². The van der Waals surface area contributed by atoms with Crippen molar-refractivity contribution in [2.75, 3.05) is 0 Å². The Morgan fingerprint density at radius 2 is 1.67 bits per heavy atom. The Morgan fingerprint density at radius 1 is 1.17 bits per heavy atom. The predicted molar refractivity (Wildman–Crippen MR) is 30.9 cm³/mol. The Bertz CT molecular complexity index is 68.5. The molecule has 0 saturated carbocycles. The molecule has 1 heteroatoms. The molecule has 0 unspecified atom stereocenters. The summed E-state index contributed by atoms with van der Waals surface area (Å²) in [6, 6.07) is 0. The molecular formula is C5H8Mg. The second-order valence-electron chi connectivity index (χ2n) is 1.09. The molecule has 0 heterocycles. The van der Waals surface area contributed by atoms with Gasteiger partial charge >= 0.3 is 23.1 Å². The van der Waals surface area contributed by atoms with Crippen molar-refractivity contribution in [3.05, 3.63) is 24.3 Å². The first kappa shape index (κ1) is 6.25. The average Bonchev–Trinajstić information content (AvgIpc) is 1.76. The van der Waals surface area contributed by atoms with Crippen molar-refractivity contribution in [2.45, 2.75) is 6.42 Å². The Morgan fingerprint density at radius 3 is 1.83 bits per heavy atom. The van der Waals surface area contributed by atoms with E-state index >= 15 is 0 Å². The summed E-state index contributed by atoms with van der Waals surface area (Å²) in [6.07, 6.45) is 9.50. The number of allylic oxidation sites excluding steroid dienone is 4. The zero-order chi connectivity index (χ0) is 3.54. The van der Waals surface area contributed by atoms with Crippen LogP contribution in [0, 0.1) is 0 Å². The van der Waals surface area contributed by atoms with Crippen LogP contribution in [0.4, 0.5) is 0 Å². The monoisotopic (exact) mass is 92.0 g/mol. The van der Waals surface area contributed by atoms with E-state index in [0.29, 0.717) is 0 Å². The van der Waals surface area contributed by atoms with Crippen molar-refractivity contribution in [2.24, 2.45) is 0 Å². The SMILES string of the molecule is C1=CCC=C1.[H-].[H-].[Mg+2]. The average molecular weight is 92.4 g/mol. The molecule has 0 fully saturated rings. The number of hydrogen-bond donors (Lipinski definition) is 0. The Hall–Kier alpha value is 0.246. The number of rotatable bonds is 0. The number of hydrogen-bond acceptors (Lipinski definition) is 0. The van der Waals surface area contributed by atoms with Gasteiger partial charge in [0.05, 0.1) is 0 Å². The van der Waals surface area contributed by atoms with E-state index in [0.717, 1.165) is 6.42 Å². The summed E-state index contributed by atoms with van der Waals surface area (Å²) in [5.41, 5.74) is 0. The van der Waals surface area contributed by atoms with Crippen LogP contribution >= 0.6 is 0 Å². The summed E-state index contributed by atoms with van der Waals surface area (Å²) < 4.78 is 0. The van der Waals surface area contributed by atoms with Crippen molar-refractivity contribution >= 4 is 23.1 Å². The minimum Gasteiger partial charge on any atom is -1.00 e. The molecule has 6 heavy (non-hydrogen) atoms. The summed E-state index contributed by atoms with van der Waals surface area (Å²) >= 11 is 0. The third kappa shape index (κ3) is 1.63. The van der Waals surface area contributed by atoms with Crippen LogP contribution in [-0.2, 0) is 0 Å². The Kier molecular flexibility index (Phi) is 3.58. The molecule has 0 aromatic carbocycles.